The third kappa shape index (κ3) is 4.12. The third-order valence-electron chi connectivity index (χ3n) is 5.30. The molecule has 4 rings (SSSR count). The Hall–Kier alpha value is -2.10. The van der Waals surface area contributed by atoms with Gasteiger partial charge in [0.15, 0.2) is 0 Å². The van der Waals surface area contributed by atoms with Gasteiger partial charge in [0.1, 0.15) is 17.4 Å². The van der Waals surface area contributed by atoms with Crippen LogP contribution >= 0.6 is 0 Å². The lowest BCUT2D eigenvalue weighted by molar-refractivity contribution is 0.414. The molecular formula is C21H27N3O. The van der Waals surface area contributed by atoms with Gasteiger partial charge in [0.25, 0.3) is 0 Å². The van der Waals surface area contributed by atoms with Crippen LogP contribution in [0.15, 0.2) is 24.3 Å². The Bertz CT molecular complexity index is 755. The fourth-order valence-electron chi connectivity index (χ4n) is 3.78. The van der Waals surface area contributed by atoms with Gasteiger partial charge in [-0.3, -0.25) is 0 Å². The monoisotopic (exact) mass is 337 g/mol. The van der Waals surface area contributed by atoms with Gasteiger partial charge in [0.2, 0.25) is 0 Å². The molecule has 4 nitrogen and oxygen atoms in total. The zero-order valence-corrected chi connectivity index (χ0v) is 15.2. The van der Waals surface area contributed by atoms with Crippen molar-refractivity contribution in [1.82, 2.24) is 9.97 Å². The molecule has 2 aromatic rings. The molecular weight excluding hydrogens is 310 g/mol. The number of methoxy groups -OCH3 is 1. The van der Waals surface area contributed by atoms with Crippen molar-refractivity contribution in [2.75, 3.05) is 12.4 Å². The second-order valence-corrected chi connectivity index (χ2v) is 7.53. The van der Waals surface area contributed by atoms with E-state index >= 15 is 0 Å². The van der Waals surface area contributed by atoms with Gasteiger partial charge in [-0.25, -0.2) is 9.97 Å². The first kappa shape index (κ1) is 16.4. The van der Waals surface area contributed by atoms with Crippen LogP contribution in [0.25, 0.3) is 0 Å². The van der Waals surface area contributed by atoms with Crippen molar-refractivity contribution >= 4 is 5.82 Å². The lowest BCUT2D eigenvalue weighted by atomic mass is 10.0. The average Bonchev–Trinajstić information content (AvgIpc) is 3.40. The molecule has 1 unspecified atom stereocenters. The minimum absolute atomic E-state index is 0.413. The summed E-state index contributed by atoms with van der Waals surface area (Å²) in [6.07, 6.45) is 8.23. The average molecular weight is 337 g/mol. The highest BCUT2D eigenvalue weighted by atomic mass is 16.5. The number of hydrogen-bond acceptors (Lipinski definition) is 4. The number of benzene rings is 1. The molecule has 132 valence electrons. The van der Waals surface area contributed by atoms with E-state index in [2.05, 4.69) is 41.5 Å². The molecule has 4 heteroatoms. The predicted molar refractivity (Wildman–Crippen MR) is 100 cm³/mol. The van der Waals surface area contributed by atoms with Gasteiger partial charge in [-0.15, -0.1) is 0 Å². The summed E-state index contributed by atoms with van der Waals surface area (Å²) in [5, 5.41) is 3.68. The second-order valence-electron chi connectivity index (χ2n) is 7.53. The summed E-state index contributed by atoms with van der Waals surface area (Å²) in [5.74, 6) is 3.75. The zero-order valence-electron chi connectivity index (χ0n) is 15.2. The summed E-state index contributed by atoms with van der Waals surface area (Å²) in [4.78, 5) is 9.40. The highest BCUT2D eigenvalue weighted by molar-refractivity contribution is 5.41. The first-order chi connectivity index (χ1) is 12.2. The van der Waals surface area contributed by atoms with E-state index in [-0.39, 0.29) is 0 Å². The lowest BCUT2D eigenvalue weighted by Crippen LogP contribution is -2.22. The second kappa shape index (κ2) is 7.03. The highest BCUT2D eigenvalue weighted by Crippen LogP contribution is 2.32. The van der Waals surface area contributed by atoms with E-state index in [4.69, 9.17) is 9.72 Å². The molecule has 1 heterocycles. The summed E-state index contributed by atoms with van der Waals surface area (Å²) in [7, 11) is 1.74. The van der Waals surface area contributed by atoms with Crippen molar-refractivity contribution in [3.05, 3.63) is 46.9 Å². The summed E-state index contributed by atoms with van der Waals surface area (Å²) in [6, 6.07) is 8.98. The first-order valence-electron chi connectivity index (χ1n) is 9.46. The molecule has 0 saturated heterocycles. The fraction of sp³-hybridized carbons (Fsp3) is 0.524. The van der Waals surface area contributed by atoms with Crippen LogP contribution in [0.4, 0.5) is 5.82 Å². The van der Waals surface area contributed by atoms with E-state index < -0.39 is 0 Å². The molecule has 2 aliphatic carbocycles. The standard InChI is InChI=1S/C21H27N3O/c1-14-10-20(24-21(22-14)11-15-6-7-15)23-18-5-3-4-16-8-9-19(25-2)13-17(16)12-18/h8-10,13,15,18H,3-7,11-12H2,1-2H3,(H,22,23,24). The van der Waals surface area contributed by atoms with Gasteiger partial charge in [-0.2, -0.15) is 0 Å². The molecule has 1 N–H and O–H groups in total. The van der Waals surface area contributed by atoms with Crippen molar-refractivity contribution in [2.45, 2.75) is 57.9 Å². The van der Waals surface area contributed by atoms with Gasteiger partial charge in [-0.1, -0.05) is 6.07 Å². The van der Waals surface area contributed by atoms with Gasteiger partial charge in [-0.05, 0) is 74.6 Å². The van der Waals surface area contributed by atoms with Crippen molar-refractivity contribution < 1.29 is 4.74 Å². The SMILES string of the molecule is COc1ccc2c(c1)CC(Nc1cc(C)nc(CC3CC3)n1)CCC2. The highest BCUT2D eigenvalue weighted by Gasteiger charge is 2.23. The van der Waals surface area contributed by atoms with Crippen LogP contribution in [0.3, 0.4) is 0 Å². The number of rotatable bonds is 5. The molecule has 1 fully saturated rings. The molecule has 0 aliphatic heterocycles. The molecule has 1 aromatic heterocycles. The maximum absolute atomic E-state index is 5.41. The number of fused-ring (bicyclic) bond motifs is 1. The number of nitrogens with one attached hydrogen (secondary N) is 1. The van der Waals surface area contributed by atoms with E-state index in [9.17, 15) is 0 Å². The van der Waals surface area contributed by atoms with Crippen LogP contribution in [0.5, 0.6) is 5.75 Å². The number of aryl methyl sites for hydroxylation is 2. The summed E-state index contributed by atoms with van der Waals surface area (Å²) in [5.41, 5.74) is 3.92. The van der Waals surface area contributed by atoms with Crippen LogP contribution in [-0.4, -0.2) is 23.1 Å². The normalized spacial score (nSPS) is 19.8. The van der Waals surface area contributed by atoms with Gasteiger partial charge in [0.05, 0.1) is 7.11 Å². The van der Waals surface area contributed by atoms with Crippen molar-refractivity contribution in [3.63, 3.8) is 0 Å². The number of nitrogens with zero attached hydrogens (tertiary/aromatic N) is 2. The lowest BCUT2D eigenvalue weighted by Gasteiger charge is -2.18. The minimum atomic E-state index is 0.413. The largest absolute Gasteiger partial charge is 0.497 e. The van der Waals surface area contributed by atoms with E-state index in [1.807, 2.05) is 0 Å². The van der Waals surface area contributed by atoms with E-state index in [1.54, 1.807) is 7.11 Å². The Morgan fingerprint density at radius 2 is 2.00 bits per heavy atom. The third-order valence-corrected chi connectivity index (χ3v) is 5.30. The van der Waals surface area contributed by atoms with E-state index in [1.165, 1.54) is 30.4 Å². The molecule has 1 saturated carbocycles. The van der Waals surface area contributed by atoms with Crippen LogP contribution in [0.1, 0.15) is 48.3 Å². The van der Waals surface area contributed by atoms with Crippen LogP contribution in [0.2, 0.25) is 0 Å². The van der Waals surface area contributed by atoms with Crippen molar-refractivity contribution in [1.29, 1.82) is 0 Å². The minimum Gasteiger partial charge on any atom is -0.497 e. The van der Waals surface area contributed by atoms with E-state index in [0.717, 1.165) is 54.7 Å². The zero-order chi connectivity index (χ0) is 17.2. The molecule has 1 aromatic carbocycles. The maximum atomic E-state index is 5.41. The Morgan fingerprint density at radius 3 is 2.80 bits per heavy atom. The van der Waals surface area contributed by atoms with E-state index in [0.29, 0.717) is 6.04 Å². The van der Waals surface area contributed by atoms with Gasteiger partial charge >= 0.3 is 0 Å². The molecule has 0 bridgehead atoms. The molecule has 0 radical (unpaired) electrons. The smallest absolute Gasteiger partial charge is 0.131 e. The van der Waals surface area contributed by atoms with Crippen LogP contribution in [-0.2, 0) is 19.3 Å². The molecule has 0 spiro atoms. The first-order valence-corrected chi connectivity index (χ1v) is 9.46. The Balaban J connectivity index is 1.50. The number of aromatic nitrogens is 2. The van der Waals surface area contributed by atoms with Gasteiger partial charge in [0, 0.05) is 24.2 Å². The molecule has 25 heavy (non-hydrogen) atoms. The topological polar surface area (TPSA) is 47.0 Å². The predicted octanol–water partition coefficient (Wildman–Crippen LogP) is 4.11. The molecule has 1 atom stereocenters. The summed E-state index contributed by atoms with van der Waals surface area (Å²) in [6.45, 7) is 2.07. The number of hydrogen-bond donors (Lipinski definition) is 1. The number of anilines is 1. The maximum Gasteiger partial charge on any atom is 0.131 e. The van der Waals surface area contributed by atoms with Crippen molar-refractivity contribution in [2.24, 2.45) is 5.92 Å². The molecule has 0 amide bonds. The summed E-state index contributed by atoms with van der Waals surface area (Å²) >= 11 is 0. The van der Waals surface area contributed by atoms with Crippen LogP contribution in [0, 0.1) is 12.8 Å². The quantitative estimate of drug-likeness (QED) is 0.834. The fourth-order valence-corrected chi connectivity index (χ4v) is 3.78. The Kier molecular flexibility index (Phi) is 4.60. The van der Waals surface area contributed by atoms with Crippen LogP contribution < -0.4 is 10.1 Å². The number of ether oxygens (including phenoxy) is 1. The van der Waals surface area contributed by atoms with Gasteiger partial charge < -0.3 is 10.1 Å². The Morgan fingerprint density at radius 1 is 1.12 bits per heavy atom. The summed E-state index contributed by atoms with van der Waals surface area (Å²) < 4.78 is 5.41. The Labute approximate surface area is 150 Å². The van der Waals surface area contributed by atoms with Crippen molar-refractivity contribution in [3.8, 4) is 5.75 Å². The molecule has 2 aliphatic rings.